The fraction of sp³-hybridized carbons (Fsp3) is 0.0769. The second kappa shape index (κ2) is 44.1. The molecule has 1 unspecified atom stereocenters. The molecule has 11 aromatic rings. The van der Waals surface area contributed by atoms with Gasteiger partial charge in [-0.1, -0.05) is 113 Å². The van der Waals surface area contributed by atoms with E-state index in [0.29, 0.717) is 62.4 Å². The Morgan fingerprint density at radius 1 is 0.439 bits per heavy atom. The standard InChI is InChI=1S/C12H10Br2ClN3O.C11H9BrClN5O2.C11H9BrN4O.C11H11N5O2.C10H8BrN5.C10H10N6O/c13-8-1-2-11(16-6-8)18-17-5-7-3-9(14)4-10(15)12(7)19;1-5-10(20)15-11(18-16-5)17-14-4-6-2-7(12)3-8(13)9(6)19;12-9-6-13-11(14-7-9)16-15-5-8-3-1-2-4-10(8)17;1-7-10(18)13-11(16-14-7)15-12-6-8-4-2-3-5-9(8)17;11-8-5-13-10(14-6-8)16-15-7-9-3-1-2-4-12-9;1-7-9(17)13-10(16-14-7)15-12-6-8-4-2-3-5-11-8/h1-5,8,19H,6H2,(H,16,18);2-4,19H,1H3,(H2,15,17,18,20);1-7,17H,(H,13,14,16);2-6,17H,1H3,(H2,13,15,16,18);1-7H,(H,13,14,16);2-6H,1H3,(H2,13,15,16,17)/b17-5+;14-4+;15-5+;12-6+;15-7+;12-6+. The number of aliphatic imine (C=N–C) groups is 1. The molecule has 0 spiro atoms. The molecule has 35 nitrogen and oxygen atoms in total. The highest BCUT2D eigenvalue weighted by Gasteiger charge is 2.10. The third kappa shape index (κ3) is 30.1. The number of aryl methyl sites for hydroxylation is 3. The van der Waals surface area contributed by atoms with Gasteiger partial charge in [-0.25, -0.2) is 47.1 Å². The van der Waals surface area contributed by atoms with Crippen molar-refractivity contribution in [2.45, 2.75) is 25.6 Å². The zero-order chi connectivity index (χ0) is 76.9. The predicted molar refractivity (Wildman–Crippen MR) is 429 cm³/mol. The van der Waals surface area contributed by atoms with Crippen molar-refractivity contribution in [3.05, 3.63) is 268 Å². The summed E-state index contributed by atoms with van der Waals surface area (Å²) in [5, 5.41) is 84.5. The molecule has 0 saturated carbocycles. The Labute approximate surface area is 658 Å². The topological polar surface area (TPSA) is 493 Å². The number of amidine groups is 1. The van der Waals surface area contributed by atoms with Gasteiger partial charge in [-0.3, -0.25) is 49.7 Å². The zero-order valence-electron chi connectivity index (χ0n) is 55.4. The molecule has 0 bridgehead atoms. The molecule has 13 N–H and O–H groups in total. The Balaban J connectivity index is 0.000000179. The number of alkyl halides is 1. The number of aromatic hydroxyl groups is 4. The molecule has 8 heterocycles. The highest BCUT2D eigenvalue weighted by Crippen LogP contribution is 2.31. The van der Waals surface area contributed by atoms with Crippen molar-refractivity contribution in [1.29, 1.82) is 0 Å². The number of hydrazone groups is 6. The Morgan fingerprint density at radius 3 is 1.16 bits per heavy atom. The van der Waals surface area contributed by atoms with E-state index in [9.17, 15) is 34.8 Å². The Kier molecular flexibility index (Phi) is 34.0. The van der Waals surface area contributed by atoms with Crippen molar-refractivity contribution in [2.24, 2.45) is 35.6 Å². The van der Waals surface area contributed by atoms with Gasteiger partial charge in [-0.15, -0.1) is 30.6 Å². The van der Waals surface area contributed by atoms with Crippen LogP contribution < -0.4 is 49.2 Å². The summed E-state index contributed by atoms with van der Waals surface area (Å²) in [7, 11) is 0. The van der Waals surface area contributed by atoms with Crippen molar-refractivity contribution in [1.82, 2.24) is 80.9 Å². The summed E-state index contributed by atoms with van der Waals surface area (Å²) < 4.78 is 3.10. The highest BCUT2D eigenvalue weighted by molar-refractivity contribution is 9.11. The van der Waals surface area contributed by atoms with Crippen LogP contribution in [0.15, 0.2) is 226 Å². The van der Waals surface area contributed by atoms with E-state index in [-0.39, 0.29) is 83.8 Å². The molecule has 0 saturated heterocycles. The number of hydrogen-bond donors (Lipinski definition) is 13. The first-order chi connectivity index (χ1) is 51.5. The summed E-state index contributed by atoms with van der Waals surface area (Å²) in [5.74, 6) is 2.12. The monoisotopic (exact) mass is 1810 g/mol. The van der Waals surface area contributed by atoms with Crippen LogP contribution in [0.2, 0.25) is 10.0 Å². The number of H-pyrrole nitrogens is 3. The summed E-state index contributed by atoms with van der Waals surface area (Å²) in [6.45, 7) is 5.34. The lowest BCUT2D eigenvalue weighted by Crippen LogP contribution is -2.20. The summed E-state index contributed by atoms with van der Waals surface area (Å²) >= 11 is 28.2. The number of para-hydroxylation sites is 2. The SMILES string of the molecule is Brc1cnc(N/N=C/c2ccccn2)nc1.Cc1nnc(N/N=C/c2cc(Br)cc(Cl)c2O)[nH]c1=O.Cc1nnc(N/N=C/c2ccccc2O)[nH]c1=O.Cc1nnc(N/N=C/c2ccccn2)[nH]c1=O.Oc1c(Cl)cc(Br)cc1/C=N/NC1=NCC(Br)C=C1.Oc1ccccc1/C=N/Nc1ncc(Br)cn1. The van der Waals surface area contributed by atoms with Crippen LogP contribution in [0.25, 0.3) is 0 Å². The fourth-order valence-corrected chi connectivity index (χ4v) is 9.45. The molecule has 0 radical (unpaired) electrons. The molecule has 1 aliphatic rings. The van der Waals surface area contributed by atoms with Gasteiger partial charge < -0.3 is 20.4 Å². The molecule has 0 aliphatic carbocycles. The molecule has 107 heavy (non-hydrogen) atoms. The lowest BCUT2D eigenvalue weighted by molar-refractivity contribution is 0.474. The maximum atomic E-state index is 11.3. The van der Waals surface area contributed by atoms with Gasteiger partial charge in [0.25, 0.3) is 16.7 Å². The van der Waals surface area contributed by atoms with Gasteiger partial charge in [0.1, 0.15) is 45.9 Å². The molecule has 0 fully saturated rings. The van der Waals surface area contributed by atoms with Crippen LogP contribution in [0.5, 0.6) is 23.0 Å². The molecular formula is C65H57Br5Cl2N28O7. The number of dihydropyridines is 1. The van der Waals surface area contributed by atoms with Gasteiger partial charge in [-0.05, 0) is 132 Å². The maximum Gasteiger partial charge on any atom is 0.274 e. The van der Waals surface area contributed by atoms with E-state index < -0.39 is 0 Å². The van der Waals surface area contributed by atoms with Crippen LogP contribution in [0.3, 0.4) is 0 Å². The van der Waals surface area contributed by atoms with Gasteiger partial charge >= 0.3 is 0 Å². The van der Waals surface area contributed by atoms with E-state index in [2.05, 4.69) is 223 Å². The first-order valence-electron chi connectivity index (χ1n) is 30.2. The Bertz CT molecular complexity index is 5170. The summed E-state index contributed by atoms with van der Waals surface area (Å²) in [5.41, 5.74) is 19.2. The molecular weight excluding hydrogens is 1760 g/mol. The molecule has 0 amide bonds. The second-order valence-corrected chi connectivity index (χ2v) is 26.0. The fourth-order valence-electron chi connectivity index (χ4n) is 7.07. The number of hydrogen-bond acceptors (Lipinski definition) is 32. The zero-order valence-corrected chi connectivity index (χ0v) is 64.9. The normalized spacial score (nSPS) is 12.1. The number of pyridine rings is 2. The number of halogens is 7. The van der Waals surface area contributed by atoms with Crippen LogP contribution in [-0.2, 0) is 0 Å². The van der Waals surface area contributed by atoms with Gasteiger partial charge in [0.15, 0.2) is 0 Å². The Hall–Kier alpha value is -11.8. The van der Waals surface area contributed by atoms with Crippen molar-refractivity contribution in [3.63, 3.8) is 0 Å². The number of nitrogens with zero attached hydrogens (tertiary/aromatic N) is 19. The molecule has 1 atom stereocenters. The number of phenolic OH excluding ortho intramolecular Hbond substituents is 4. The van der Waals surface area contributed by atoms with E-state index in [4.69, 9.17) is 23.2 Å². The van der Waals surface area contributed by atoms with Crippen LogP contribution in [0, 0.1) is 20.8 Å². The third-order valence-electron chi connectivity index (χ3n) is 12.3. The average molecular weight is 1810 g/mol. The van der Waals surface area contributed by atoms with Gasteiger partial charge in [0, 0.05) is 68.4 Å². The number of nitrogens with one attached hydrogen (secondary N) is 9. The largest absolute Gasteiger partial charge is 0.507 e. The van der Waals surface area contributed by atoms with Crippen LogP contribution in [-0.4, -0.2) is 150 Å². The summed E-state index contributed by atoms with van der Waals surface area (Å²) in [6.07, 6.45) is 22.6. The van der Waals surface area contributed by atoms with E-state index in [1.165, 1.54) is 31.1 Å². The summed E-state index contributed by atoms with van der Waals surface area (Å²) in [6, 6.07) is 31.2. The van der Waals surface area contributed by atoms with E-state index in [0.717, 1.165) is 19.1 Å². The minimum atomic E-state index is -0.356. The van der Waals surface area contributed by atoms with E-state index in [1.54, 1.807) is 137 Å². The lowest BCUT2D eigenvalue weighted by Gasteiger charge is -2.08. The first-order valence-corrected chi connectivity index (χ1v) is 35.0. The van der Waals surface area contributed by atoms with Gasteiger partial charge in [-0.2, -0.15) is 30.6 Å². The van der Waals surface area contributed by atoms with Crippen molar-refractivity contribution < 1.29 is 20.4 Å². The number of anilines is 5. The molecule has 7 aromatic heterocycles. The smallest absolute Gasteiger partial charge is 0.274 e. The number of aromatic nitrogens is 15. The molecule has 548 valence electrons. The third-order valence-corrected chi connectivity index (χ3v) is 15.2. The predicted octanol–water partition coefficient (Wildman–Crippen LogP) is 10.9. The van der Waals surface area contributed by atoms with E-state index in [1.807, 2.05) is 48.6 Å². The van der Waals surface area contributed by atoms with Crippen LogP contribution in [0.1, 0.15) is 50.7 Å². The number of aromatic amines is 3. The molecule has 42 heteroatoms. The molecule has 1 aliphatic heterocycles. The summed E-state index contributed by atoms with van der Waals surface area (Å²) in [4.78, 5) is 69.8. The number of rotatable bonds is 17. The number of benzene rings is 4. The minimum absolute atomic E-state index is 0.00272. The van der Waals surface area contributed by atoms with E-state index >= 15 is 0 Å². The van der Waals surface area contributed by atoms with Gasteiger partial charge in [0.05, 0.1) is 79.0 Å². The minimum Gasteiger partial charge on any atom is -0.507 e. The van der Waals surface area contributed by atoms with Crippen molar-refractivity contribution in [2.75, 3.05) is 33.7 Å². The highest BCUT2D eigenvalue weighted by atomic mass is 79.9. The van der Waals surface area contributed by atoms with Crippen molar-refractivity contribution in [3.8, 4) is 23.0 Å². The Morgan fingerprint density at radius 2 is 0.794 bits per heavy atom. The maximum absolute atomic E-state index is 11.3. The molecule has 12 rings (SSSR count). The number of phenols is 4. The first kappa shape index (κ1) is 82.5. The molecule has 4 aromatic carbocycles. The van der Waals surface area contributed by atoms with Crippen LogP contribution in [0.4, 0.5) is 29.7 Å². The second-order valence-electron chi connectivity index (χ2n) is 20.3. The average Bonchev–Trinajstić information content (AvgIpc) is 0.861. The lowest BCUT2D eigenvalue weighted by atomic mass is 10.2. The van der Waals surface area contributed by atoms with Crippen LogP contribution >= 0.6 is 103 Å². The van der Waals surface area contributed by atoms with Crippen molar-refractivity contribution >= 4 is 176 Å². The quantitative estimate of drug-likeness (QED) is 0.0229. The van der Waals surface area contributed by atoms with Gasteiger partial charge in [0.2, 0.25) is 29.7 Å².